The summed E-state index contributed by atoms with van der Waals surface area (Å²) < 4.78 is 21.0. The van der Waals surface area contributed by atoms with Crippen molar-refractivity contribution in [3.63, 3.8) is 0 Å². The third kappa shape index (κ3) is 4.35. The number of nitrogens with one attached hydrogen (secondary N) is 1. The number of fused-ring (bicyclic) bond motifs is 1. The van der Waals surface area contributed by atoms with E-state index in [1.807, 2.05) is 28.8 Å². The smallest absolute Gasteiger partial charge is 0.223 e. The van der Waals surface area contributed by atoms with Gasteiger partial charge in [0.25, 0.3) is 0 Å². The topological polar surface area (TPSA) is 77.2 Å². The summed E-state index contributed by atoms with van der Waals surface area (Å²) in [5, 5.41) is 12.0. The van der Waals surface area contributed by atoms with Gasteiger partial charge in [-0.25, -0.2) is 14.4 Å². The fourth-order valence-electron chi connectivity index (χ4n) is 3.67. The first kappa shape index (κ1) is 19.8. The van der Waals surface area contributed by atoms with E-state index in [0.717, 1.165) is 42.9 Å². The van der Waals surface area contributed by atoms with Crippen molar-refractivity contribution < 1.29 is 9.13 Å². The van der Waals surface area contributed by atoms with E-state index in [4.69, 9.17) is 16.3 Å². The number of hydrogen-bond donors (Lipinski definition) is 1. The lowest BCUT2D eigenvalue weighted by Gasteiger charge is -2.23. The molecule has 0 unspecified atom stereocenters. The Morgan fingerprint density at radius 3 is 2.84 bits per heavy atom. The van der Waals surface area contributed by atoms with E-state index >= 15 is 0 Å². The minimum absolute atomic E-state index is 0.107. The van der Waals surface area contributed by atoms with E-state index in [0.29, 0.717) is 29.9 Å². The summed E-state index contributed by atoms with van der Waals surface area (Å²) in [6.07, 6.45) is 5.99. The molecule has 1 aliphatic rings. The predicted molar refractivity (Wildman–Crippen MR) is 116 cm³/mol. The van der Waals surface area contributed by atoms with Crippen molar-refractivity contribution in [2.24, 2.45) is 0 Å². The van der Waals surface area contributed by atoms with Crippen LogP contribution in [0.4, 0.5) is 10.3 Å². The summed E-state index contributed by atoms with van der Waals surface area (Å²) in [6, 6.07) is 10.8. The molecule has 7 nitrogen and oxygen atoms in total. The maximum Gasteiger partial charge on any atom is 0.223 e. The second-order valence-electron chi connectivity index (χ2n) is 7.48. The summed E-state index contributed by atoms with van der Waals surface area (Å²) in [7, 11) is 0. The molecule has 1 N–H and O–H groups in total. The van der Waals surface area contributed by atoms with Crippen LogP contribution in [0.15, 0.2) is 48.8 Å². The quantitative estimate of drug-likeness (QED) is 0.504. The highest BCUT2D eigenvalue weighted by atomic mass is 35.5. The van der Waals surface area contributed by atoms with Crippen molar-refractivity contribution >= 4 is 23.2 Å². The second-order valence-corrected chi connectivity index (χ2v) is 7.89. The Bertz CT molecular complexity index is 1220. The van der Waals surface area contributed by atoms with Crippen LogP contribution in [0.2, 0.25) is 5.02 Å². The summed E-state index contributed by atoms with van der Waals surface area (Å²) in [5.41, 5.74) is 3.19. The summed E-state index contributed by atoms with van der Waals surface area (Å²) >= 11 is 5.77. The molecule has 0 amide bonds. The maximum atomic E-state index is 13.7. The molecule has 1 saturated heterocycles. The Morgan fingerprint density at radius 1 is 1.13 bits per heavy atom. The molecule has 0 spiro atoms. The lowest BCUT2D eigenvalue weighted by molar-refractivity contribution is 0.0903. The average Bonchev–Trinajstić information content (AvgIpc) is 3.19. The van der Waals surface area contributed by atoms with Crippen LogP contribution in [0.3, 0.4) is 0 Å². The summed E-state index contributed by atoms with van der Waals surface area (Å²) in [4.78, 5) is 9.01. The highest BCUT2D eigenvalue weighted by Gasteiger charge is 2.15. The van der Waals surface area contributed by atoms with Crippen molar-refractivity contribution in [3.8, 4) is 11.3 Å². The highest BCUT2D eigenvalue weighted by molar-refractivity contribution is 6.30. The number of benzene rings is 1. The number of ether oxygens (including phenoxy) is 1. The zero-order valence-electron chi connectivity index (χ0n) is 16.6. The molecule has 9 heteroatoms. The van der Waals surface area contributed by atoms with Crippen LogP contribution in [0, 0.1) is 5.82 Å². The van der Waals surface area contributed by atoms with E-state index < -0.39 is 5.82 Å². The van der Waals surface area contributed by atoms with Crippen LogP contribution in [-0.2, 0) is 11.2 Å². The first-order valence-corrected chi connectivity index (χ1v) is 10.5. The lowest BCUT2D eigenvalue weighted by Crippen LogP contribution is -2.28. The van der Waals surface area contributed by atoms with E-state index in [9.17, 15) is 4.39 Å². The molecule has 3 aromatic heterocycles. The number of rotatable bonds is 5. The van der Waals surface area contributed by atoms with Crippen molar-refractivity contribution in [2.75, 3.05) is 18.5 Å². The fraction of sp³-hybridized carbons (Fsp3) is 0.273. The Morgan fingerprint density at radius 2 is 2.00 bits per heavy atom. The molecule has 1 aliphatic heterocycles. The zero-order chi connectivity index (χ0) is 21.2. The number of hydrogen-bond acceptors (Lipinski definition) is 6. The van der Waals surface area contributed by atoms with E-state index in [1.165, 1.54) is 6.07 Å². The van der Waals surface area contributed by atoms with E-state index in [2.05, 4.69) is 25.5 Å². The van der Waals surface area contributed by atoms with E-state index in [-0.39, 0.29) is 5.02 Å². The van der Waals surface area contributed by atoms with Gasteiger partial charge in [-0.1, -0.05) is 17.7 Å². The number of anilines is 1. The highest BCUT2D eigenvalue weighted by Crippen LogP contribution is 2.22. The molecule has 0 saturated carbocycles. The van der Waals surface area contributed by atoms with Gasteiger partial charge in [-0.2, -0.15) is 0 Å². The Hall–Kier alpha value is -3.10. The molecular weight excluding hydrogens is 419 g/mol. The average molecular weight is 439 g/mol. The largest absolute Gasteiger partial charge is 0.381 e. The Kier molecular flexibility index (Phi) is 5.48. The molecular formula is C22H20ClFN6O. The molecule has 0 radical (unpaired) electrons. The normalized spacial score (nSPS) is 14.8. The minimum atomic E-state index is -0.441. The number of nitrogens with zero attached hydrogens (tertiary/aromatic N) is 5. The molecule has 158 valence electrons. The van der Waals surface area contributed by atoms with Crippen molar-refractivity contribution in [2.45, 2.75) is 25.3 Å². The number of halogens is 2. The number of aromatic nitrogens is 5. The Balaban J connectivity index is 1.38. The molecule has 4 aromatic rings. The molecule has 0 atom stereocenters. The van der Waals surface area contributed by atoms with Gasteiger partial charge in [0, 0.05) is 43.6 Å². The SMILES string of the molecule is Fc1cc(Cc2nnc3cc(-c4ccnc(NC5CCOCC5)n4)ccn23)ccc1Cl. The molecule has 4 heterocycles. The molecule has 0 aliphatic carbocycles. The van der Waals surface area contributed by atoms with Gasteiger partial charge in [0.15, 0.2) is 5.65 Å². The molecule has 1 fully saturated rings. The maximum absolute atomic E-state index is 13.7. The van der Waals surface area contributed by atoms with Gasteiger partial charge in [-0.3, -0.25) is 4.40 Å². The van der Waals surface area contributed by atoms with Crippen molar-refractivity contribution in [3.05, 3.63) is 71.0 Å². The third-order valence-corrected chi connectivity index (χ3v) is 5.64. The van der Waals surface area contributed by atoms with Crippen LogP contribution >= 0.6 is 11.6 Å². The monoisotopic (exact) mass is 438 g/mol. The summed E-state index contributed by atoms with van der Waals surface area (Å²) in [5.74, 6) is 0.883. The molecule has 5 rings (SSSR count). The molecule has 1 aromatic carbocycles. The summed E-state index contributed by atoms with van der Waals surface area (Å²) in [6.45, 7) is 1.51. The van der Waals surface area contributed by atoms with Crippen LogP contribution in [0.5, 0.6) is 0 Å². The standard InChI is InChI=1S/C22H20ClFN6O/c23-17-2-1-14(11-18(17)24)12-20-28-29-21-13-15(4-8-30(20)21)19-3-7-25-22(27-19)26-16-5-9-31-10-6-16/h1-4,7-8,11,13,16H,5-6,9-10,12H2,(H,25,26,27). The first-order valence-electron chi connectivity index (χ1n) is 10.1. The van der Waals surface area contributed by atoms with Gasteiger partial charge in [0.05, 0.1) is 10.7 Å². The van der Waals surface area contributed by atoms with Crippen molar-refractivity contribution in [1.29, 1.82) is 0 Å². The van der Waals surface area contributed by atoms with Crippen LogP contribution in [0.25, 0.3) is 16.9 Å². The fourth-order valence-corrected chi connectivity index (χ4v) is 3.78. The predicted octanol–water partition coefficient (Wildman–Crippen LogP) is 4.16. The minimum Gasteiger partial charge on any atom is -0.381 e. The van der Waals surface area contributed by atoms with Gasteiger partial charge < -0.3 is 10.1 Å². The van der Waals surface area contributed by atoms with Gasteiger partial charge in [0.1, 0.15) is 11.6 Å². The van der Waals surface area contributed by atoms with E-state index in [1.54, 1.807) is 18.3 Å². The second kappa shape index (κ2) is 8.56. The zero-order valence-corrected chi connectivity index (χ0v) is 17.4. The first-order chi connectivity index (χ1) is 15.2. The molecule has 31 heavy (non-hydrogen) atoms. The van der Waals surface area contributed by atoms with Gasteiger partial charge in [-0.05, 0) is 48.7 Å². The van der Waals surface area contributed by atoms with Gasteiger partial charge >= 0.3 is 0 Å². The van der Waals surface area contributed by atoms with Crippen LogP contribution < -0.4 is 5.32 Å². The Labute approximate surface area is 183 Å². The van der Waals surface area contributed by atoms with Gasteiger partial charge in [-0.15, -0.1) is 10.2 Å². The molecule has 0 bridgehead atoms. The number of pyridine rings is 1. The van der Waals surface area contributed by atoms with Crippen LogP contribution in [0.1, 0.15) is 24.2 Å². The lowest BCUT2D eigenvalue weighted by atomic mass is 10.1. The van der Waals surface area contributed by atoms with Crippen molar-refractivity contribution in [1.82, 2.24) is 24.6 Å². The third-order valence-electron chi connectivity index (χ3n) is 5.33. The van der Waals surface area contributed by atoms with Crippen LogP contribution in [-0.4, -0.2) is 43.8 Å². The van der Waals surface area contributed by atoms with Gasteiger partial charge in [0.2, 0.25) is 5.95 Å².